The molecule has 1 heterocycles. The molecule has 0 saturated heterocycles. The Morgan fingerprint density at radius 2 is 2.11 bits per heavy atom. The van der Waals surface area contributed by atoms with Crippen molar-refractivity contribution in [2.45, 2.75) is 25.3 Å². The molecule has 0 radical (unpaired) electrons. The summed E-state index contributed by atoms with van der Waals surface area (Å²) in [6.07, 6.45) is 7.57. The minimum atomic E-state index is 0.515. The monoisotopic (exact) mass is 255 g/mol. The fourth-order valence-electron chi connectivity index (χ4n) is 2.62. The van der Waals surface area contributed by atoms with Crippen LogP contribution in [0.3, 0.4) is 0 Å². The van der Waals surface area contributed by atoms with E-state index in [1.807, 2.05) is 12.4 Å². The summed E-state index contributed by atoms with van der Waals surface area (Å²) in [5.74, 6) is 1.97. The first kappa shape index (κ1) is 12.4. The summed E-state index contributed by atoms with van der Waals surface area (Å²) < 4.78 is 2.09. The van der Waals surface area contributed by atoms with Gasteiger partial charge < -0.3 is 9.88 Å². The van der Waals surface area contributed by atoms with E-state index in [0.29, 0.717) is 6.04 Å². The maximum absolute atomic E-state index is 4.37. The largest absolute Gasteiger partial charge is 0.338 e. The molecule has 19 heavy (non-hydrogen) atoms. The van der Waals surface area contributed by atoms with Crippen molar-refractivity contribution in [1.29, 1.82) is 0 Å². The van der Waals surface area contributed by atoms with Crippen LogP contribution >= 0.6 is 0 Å². The first-order valence-corrected chi connectivity index (χ1v) is 7.09. The van der Waals surface area contributed by atoms with E-state index in [9.17, 15) is 0 Å². The SMILES string of the molecule is Cn1ccnc1CCNC(c1ccccc1)C1CC1. The zero-order chi connectivity index (χ0) is 13.1. The third-order valence-electron chi connectivity index (χ3n) is 3.89. The summed E-state index contributed by atoms with van der Waals surface area (Å²) in [6.45, 7) is 0.987. The van der Waals surface area contributed by atoms with E-state index in [1.54, 1.807) is 0 Å². The molecule has 0 spiro atoms. The van der Waals surface area contributed by atoms with Crippen LogP contribution in [0.25, 0.3) is 0 Å². The lowest BCUT2D eigenvalue weighted by Gasteiger charge is -2.18. The Balaban J connectivity index is 1.59. The molecule has 100 valence electrons. The molecule has 3 heteroatoms. The van der Waals surface area contributed by atoms with Gasteiger partial charge in [0.1, 0.15) is 5.82 Å². The van der Waals surface area contributed by atoms with E-state index in [-0.39, 0.29) is 0 Å². The van der Waals surface area contributed by atoms with Crippen molar-refractivity contribution in [1.82, 2.24) is 14.9 Å². The molecule has 2 aromatic rings. The zero-order valence-corrected chi connectivity index (χ0v) is 11.4. The predicted molar refractivity (Wildman–Crippen MR) is 76.8 cm³/mol. The second-order valence-electron chi connectivity index (χ2n) is 5.38. The topological polar surface area (TPSA) is 29.9 Å². The van der Waals surface area contributed by atoms with E-state index in [2.05, 4.69) is 52.2 Å². The van der Waals surface area contributed by atoms with E-state index in [4.69, 9.17) is 0 Å². The maximum Gasteiger partial charge on any atom is 0.109 e. The van der Waals surface area contributed by atoms with Crippen molar-refractivity contribution < 1.29 is 0 Å². The lowest BCUT2D eigenvalue weighted by molar-refractivity contribution is 0.479. The summed E-state index contributed by atoms with van der Waals surface area (Å²) in [5.41, 5.74) is 1.42. The van der Waals surface area contributed by atoms with Gasteiger partial charge in [-0.15, -0.1) is 0 Å². The van der Waals surface area contributed by atoms with Gasteiger partial charge >= 0.3 is 0 Å². The first-order chi connectivity index (χ1) is 9.34. The number of hydrogen-bond donors (Lipinski definition) is 1. The Kier molecular flexibility index (Phi) is 3.65. The Morgan fingerprint density at radius 1 is 1.32 bits per heavy atom. The summed E-state index contributed by atoms with van der Waals surface area (Å²) in [7, 11) is 2.05. The van der Waals surface area contributed by atoms with Crippen LogP contribution in [0, 0.1) is 5.92 Å². The van der Waals surface area contributed by atoms with E-state index < -0.39 is 0 Å². The van der Waals surface area contributed by atoms with Crippen LogP contribution in [-0.4, -0.2) is 16.1 Å². The quantitative estimate of drug-likeness (QED) is 0.860. The molecule has 3 rings (SSSR count). The number of hydrogen-bond acceptors (Lipinski definition) is 2. The van der Waals surface area contributed by atoms with Gasteiger partial charge in [-0.05, 0) is 24.3 Å². The van der Waals surface area contributed by atoms with Crippen LogP contribution in [0.4, 0.5) is 0 Å². The molecule has 1 aromatic carbocycles. The number of nitrogens with one attached hydrogen (secondary N) is 1. The van der Waals surface area contributed by atoms with Crippen molar-refractivity contribution in [2.24, 2.45) is 13.0 Å². The van der Waals surface area contributed by atoms with E-state index in [0.717, 1.165) is 24.7 Å². The smallest absolute Gasteiger partial charge is 0.109 e. The fraction of sp³-hybridized carbons (Fsp3) is 0.438. The highest BCUT2D eigenvalue weighted by atomic mass is 15.0. The summed E-state index contributed by atoms with van der Waals surface area (Å²) in [4.78, 5) is 4.37. The van der Waals surface area contributed by atoms with Gasteiger partial charge in [0.25, 0.3) is 0 Å². The fourth-order valence-corrected chi connectivity index (χ4v) is 2.62. The van der Waals surface area contributed by atoms with Crippen molar-refractivity contribution in [3.63, 3.8) is 0 Å². The molecule has 0 bridgehead atoms. The first-order valence-electron chi connectivity index (χ1n) is 7.09. The van der Waals surface area contributed by atoms with Gasteiger partial charge in [0, 0.05) is 38.4 Å². The van der Waals surface area contributed by atoms with E-state index >= 15 is 0 Å². The molecule has 1 fully saturated rings. The van der Waals surface area contributed by atoms with Crippen molar-refractivity contribution in [3.05, 3.63) is 54.1 Å². The van der Waals surface area contributed by atoms with Crippen LogP contribution in [-0.2, 0) is 13.5 Å². The van der Waals surface area contributed by atoms with Gasteiger partial charge in [-0.25, -0.2) is 4.98 Å². The van der Waals surface area contributed by atoms with Crippen LogP contribution in [0.2, 0.25) is 0 Å². The number of rotatable bonds is 6. The van der Waals surface area contributed by atoms with Crippen LogP contribution < -0.4 is 5.32 Å². The number of aryl methyl sites for hydroxylation is 1. The molecule has 0 amide bonds. The van der Waals surface area contributed by atoms with Gasteiger partial charge in [0.15, 0.2) is 0 Å². The molecule has 1 aromatic heterocycles. The molecule has 1 aliphatic rings. The normalized spacial score (nSPS) is 16.5. The Bertz CT molecular complexity index is 514. The summed E-state index contributed by atoms with van der Waals surface area (Å²) >= 11 is 0. The minimum absolute atomic E-state index is 0.515. The molecule has 3 nitrogen and oxygen atoms in total. The molecular formula is C16H21N3. The highest BCUT2D eigenvalue weighted by Crippen LogP contribution is 2.40. The molecule has 1 unspecified atom stereocenters. The second kappa shape index (κ2) is 5.57. The Labute approximate surface area is 114 Å². The lowest BCUT2D eigenvalue weighted by atomic mass is 10.0. The van der Waals surface area contributed by atoms with E-state index in [1.165, 1.54) is 18.4 Å². The van der Waals surface area contributed by atoms with Crippen LogP contribution in [0.5, 0.6) is 0 Å². The molecule has 1 aliphatic carbocycles. The lowest BCUT2D eigenvalue weighted by Crippen LogP contribution is -2.26. The summed E-state index contributed by atoms with van der Waals surface area (Å²) in [5, 5.41) is 3.71. The summed E-state index contributed by atoms with van der Waals surface area (Å²) in [6, 6.07) is 11.3. The number of nitrogens with zero attached hydrogens (tertiary/aromatic N) is 2. The minimum Gasteiger partial charge on any atom is -0.338 e. The maximum atomic E-state index is 4.37. The Morgan fingerprint density at radius 3 is 2.74 bits per heavy atom. The van der Waals surface area contributed by atoms with Gasteiger partial charge in [-0.2, -0.15) is 0 Å². The third kappa shape index (κ3) is 3.04. The van der Waals surface area contributed by atoms with Crippen LogP contribution in [0.15, 0.2) is 42.7 Å². The number of benzene rings is 1. The number of aromatic nitrogens is 2. The van der Waals surface area contributed by atoms with Crippen molar-refractivity contribution >= 4 is 0 Å². The third-order valence-corrected chi connectivity index (χ3v) is 3.89. The highest BCUT2D eigenvalue weighted by Gasteiger charge is 2.31. The van der Waals surface area contributed by atoms with Gasteiger partial charge in [-0.3, -0.25) is 0 Å². The molecular weight excluding hydrogens is 234 g/mol. The molecule has 1 saturated carbocycles. The molecule has 1 N–H and O–H groups in total. The van der Waals surface area contributed by atoms with Gasteiger partial charge in [0.05, 0.1) is 0 Å². The average molecular weight is 255 g/mol. The number of imidazole rings is 1. The van der Waals surface area contributed by atoms with Crippen molar-refractivity contribution in [2.75, 3.05) is 6.54 Å². The average Bonchev–Trinajstić information content (AvgIpc) is 3.20. The van der Waals surface area contributed by atoms with Crippen LogP contribution in [0.1, 0.15) is 30.3 Å². The predicted octanol–water partition coefficient (Wildman–Crippen LogP) is 2.70. The van der Waals surface area contributed by atoms with Gasteiger partial charge in [-0.1, -0.05) is 30.3 Å². The molecule has 0 aliphatic heterocycles. The second-order valence-corrected chi connectivity index (χ2v) is 5.38. The van der Waals surface area contributed by atoms with Gasteiger partial charge in [0.2, 0.25) is 0 Å². The standard InChI is InChI=1S/C16H21N3/c1-19-12-11-17-15(19)9-10-18-16(14-7-8-14)13-5-3-2-4-6-13/h2-6,11-12,14,16,18H,7-10H2,1H3. The Hall–Kier alpha value is -1.61. The van der Waals surface area contributed by atoms with Crippen molar-refractivity contribution in [3.8, 4) is 0 Å². The highest BCUT2D eigenvalue weighted by molar-refractivity contribution is 5.21. The zero-order valence-electron chi connectivity index (χ0n) is 11.4. The molecule has 1 atom stereocenters.